The van der Waals surface area contributed by atoms with Crippen LogP contribution in [-0.2, 0) is 26.2 Å². The van der Waals surface area contributed by atoms with Crippen LogP contribution in [0.1, 0.15) is 44.2 Å². The fourth-order valence-electron chi connectivity index (χ4n) is 3.74. The molecule has 9 heteroatoms. The lowest BCUT2D eigenvalue weighted by Gasteiger charge is -2.29. The van der Waals surface area contributed by atoms with Crippen LogP contribution in [0.4, 0.5) is 5.69 Å². The van der Waals surface area contributed by atoms with E-state index in [9.17, 15) is 18.0 Å². The molecule has 1 N–H and O–H groups in total. The molecule has 2 aromatic rings. The molecule has 192 valence electrons. The summed E-state index contributed by atoms with van der Waals surface area (Å²) in [5.41, 5.74) is 2.51. The number of carbonyl (C=O) groups is 2. The van der Waals surface area contributed by atoms with Crippen LogP contribution in [0.2, 0.25) is 0 Å². The predicted molar refractivity (Wildman–Crippen MR) is 139 cm³/mol. The lowest BCUT2D eigenvalue weighted by Crippen LogP contribution is -2.47. The molecule has 0 fully saturated rings. The second-order valence-electron chi connectivity index (χ2n) is 8.61. The first-order chi connectivity index (χ1) is 16.6. The molecule has 0 aliphatic carbocycles. The molecular formula is C26H37N3O5S. The van der Waals surface area contributed by atoms with E-state index in [0.29, 0.717) is 30.9 Å². The van der Waals surface area contributed by atoms with Crippen LogP contribution in [-0.4, -0.2) is 57.6 Å². The molecule has 35 heavy (non-hydrogen) atoms. The summed E-state index contributed by atoms with van der Waals surface area (Å²) in [5.74, 6) is 0.220. The first-order valence-electron chi connectivity index (χ1n) is 11.8. The fourth-order valence-corrected chi connectivity index (χ4v) is 4.70. The van der Waals surface area contributed by atoms with Crippen molar-refractivity contribution in [3.8, 4) is 5.75 Å². The Kier molecular flexibility index (Phi) is 10.6. The van der Waals surface area contributed by atoms with E-state index in [1.54, 1.807) is 43.2 Å². The molecule has 0 heterocycles. The Hall–Kier alpha value is -3.07. The lowest BCUT2D eigenvalue weighted by molar-refractivity contribution is -0.140. The largest absolute Gasteiger partial charge is 0.497 e. The van der Waals surface area contributed by atoms with Crippen LogP contribution >= 0.6 is 0 Å². The van der Waals surface area contributed by atoms with Crippen LogP contribution in [0.15, 0.2) is 48.5 Å². The number of sulfonamides is 1. The summed E-state index contributed by atoms with van der Waals surface area (Å²) in [4.78, 5) is 27.5. The van der Waals surface area contributed by atoms with Crippen molar-refractivity contribution >= 4 is 27.5 Å². The van der Waals surface area contributed by atoms with Crippen LogP contribution in [0, 0.1) is 6.92 Å². The summed E-state index contributed by atoms with van der Waals surface area (Å²) in [5, 5.41) is 2.86. The summed E-state index contributed by atoms with van der Waals surface area (Å²) in [6.45, 7) is 6.66. The highest BCUT2D eigenvalue weighted by atomic mass is 32.2. The summed E-state index contributed by atoms with van der Waals surface area (Å²) < 4.78 is 31.3. The van der Waals surface area contributed by atoms with Gasteiger partial charge in [-0.15, -0.1) is 0 Å². The van der Waals surface area contributed by atoms with Gasteiger partial charge in [-0.2, -0.15) is 0 Å². The molecule has 2 amide bonds. The monoisotopic (exact) mass is 503 g/mol. The van der Waals surface area contributed by atoms with Crippen molar-refractivity contribution in [2.75, 3.05) is 30.8 Å². The second kappa shape index (κ2) is 13.1. The Morgan fingerprint density at radius 2 is 1.80 bits per heavy atom. The van der Waals surface area contributed by atoms with Crippen molar-refractivity contribution in [1.29, 1.82) is 0 Å². The molecule has 0 aliphatic rings. The van der Waals surface area contributed by atoms with Crippen LogP contribution < -0.4 is 14.4 Å². The zero-order chi connectivity index (χ0) is 26.0. The van der Waals surface area contributed by atoms with Crippen molar-refractivity contribution in [2.24, 2.45) is 0 Å². The van der Waals surface area contributed by atoms with Crippen molar-refractivity contribution in [3.05, 3.63) is 59.7 Å². The van der Waals surface area contributed by atoms with Crippen molar-refractivity contribution in [3.63, 3.8) is 0 Å². The molecule has 2 rings (SSSR count). The van der Waals surface area contributed by atoms with Gasteiger partial charge in [0.15, 0.2) is 0 Å². The number of nitrogens with zero attached hydrogens (tertiary/aromatic N) is 2. The summed E-state index contributed by atoms with van der Waals surface area (Å²) >= 11 is 0. The Morgan fingerprint density at radius 1 is 1.11 bits per heavy atom. The van der Waals surface area contributed by atoms with Gasteiger partial charge in [-0.1, -0.05) is 36.8 Å². The maximum Gasteiger partial charge on any atom is 0.242 e. The summed E-state index contributed by atoms with van der Waals surface area (Å²) in [6.07, 6.45) is 2.37. The summed E-state index contributed by atoms with van der Waals surface area (Å²) in [7, 11) is -2.00. The van der Waals surface area contributed by atoms with Crippen LogP contribution in [0.25, 0.3) is 0 Å². The van der Waals surface area contributed by atoms with Crippen molar-refractivity contribution < 1.29 is 22.7 Å². The molecule has 0 saturated carbocycles. The van der Waals surface area contributed by atoms with Gasteiger partial charge in [0.05, 0.1) is 19.1 Å². The van der Waals surface area contributed by atoms with Gasteiger partial charge in [-0.3, -0.25) is 13.9 Å². The third-order valence-electron chi connectivity index (χ3n) is 5.66. The Balaban J connectivity index is 2.14. The van der Waals surface area contributed by atoms with Crippen LogP contribution in [0.3, 0.4) is 0 Å². The number of methoxy groups -OCH3 is 1. The van der Waals surface area contributed by atoms with E-state index in [0.717, 1.165) is 23.8 Å². The highest BCUT2D eigenvalue weighted by Gasteiger charge is 2.26. The summed E-state index contributed by atoms with van der Waals surface area (Å²) in [6, 6.07) is 13.9. The van der Waals surface area contributed by atoms with E-state index in [1.807, 2.05) is 38.1 Å². The highest BCUT2D eigenvalue weighted by Crippen LogP contribution is 2.22. The van der Waals surface area contributed by atoms with Gasteiger partial charge < -0.3 is 15.0 Å². The van der Waals surface area contributed by atoms with Crippen LogP contribution in [0.5, 0.6) is 5.75 Å². The molecule has 0 spiro atoms. The molecule has 0 bridgehead atoms. The van der Waals surface area contributed by atoms with Gasteiger partial charge in [-0.05, 0) is 56.5 Å². The van der Waals surface area contributed by atoms with Gasteiger partial charge in [0.25, 0.3) is 0 Å². The lowest BCUT2D eigenvalue weighted by atomic mass is 10.1. The normalized spacial score (nSPS) is 12.0. The third-order valence-corrected chi connectivity index (χ3v) is 6.86. The molecule has 1 atom stereocenters. The number of nitrogens with one attached hydrogen (secondary N) is 1. The Labute approximate surface area is 209 Å². The van der Waals surface area contributed by atoms with E-state index in [1.165, 1.54) is 4.31 Å². The first-order valence-corrected chi connectivity index (χ1v) is 13.7. The van der Waals surface area contributed by atoms with Crippen molar-refractivity contribution in [1.82, 2.24) is 10.2 Å². The number of hydrogen-bond donors (Lipinski definition) is 1. The van der Waals surface area contributed by atoms with E-state index in [2.05, 4.69) is 5.32 Å². The average molecular weight is 504 g/mol. The second-order valence-corrected chi connectivity index (χ2v) is 10.5. The smallest absolute Gasteiger partial charge is 0.242 e. The average Bonchev–Trinajstić information content (AvgIpc) is 2.82. The van der Waals surface area contributed by atoms with E-state index in [-0.39, 0.29) is 24.8 Å². The number of amides is 2. The van der Waals surface area contributed by atoms with Gasteiger partial charge in [0, 0.05) is 26.1 Å². The number of aryl methyl sites for hydroxylation is 1. The maximum absolute atomic E-state index is 13.3. The number of anilines is 1. The maximum atomic E-state index is 13.3. The third kappa shape index (κ3) is 8.58. The predicted octanol–water partition coefficient (Wildman–Crippen LogP) is 3.49. The Bertz CT molecular complexity index is 1090. The van der Waals surface area contributed by atoms with E-state index in [4.69, 9.17) is 4.74 Å². The molecule has 0 radical (unpaired) electrons. The quantitative estimate of drug-likeness (QED) is 0.451. The Morgan fingerprint density at radius 3 is 2.37 bits per heavy atom. The van der Waals surface area contributed by atoms with Crippen molar-refractivity contribution in [2.45, 2.75) is 52.6 Å². The number of hydrogen-bond acceptors (Lipinski definition) is 5. The topological polar surface area (TPSA) is 96.0 Å². The first kappa shape index (κ1) is 28.2. The number of benzene rings is 2. The molecule has 2 aromatic carbocycles. The van der Waals surface area contributed by atoms with Gasteiger partial charge in [-0.25, -0.2) is 8.42 Å². The molecule has 8 nitrogen and oxygen atoms in total. The van der Waals surface area contributed by atoms with Gasteiger partial charge in [0.1, 0.15) is 11.8 Å². The van der Waals surface area contributed by atoms with E-state index >= 15 is 0 Å². The van der Waals surface area contributed by atoms with Gasteiger partial charge in [0.2, 0.25) is 21.8 Å². The molecule has 0 unspecified atom stereocenters. The SMILES string of the molecule is CCCNC(=O)[C@@H](C)N(Cc1cccc(C)c1)C(=O)CCCN(c1ccc(OC)cc1)S(C)(=O)=O. The molecule has 0 aromatic heterocycles. The molecular weight excluding hydrogens is 466 g/mol. The minimum absolute atomic E-state index is 0.111. The zero-order valence-electron chi connectivity index (χ0n) is 21.3. The molecule has 0 aliphatic heterocycles. The fraction of sp³-hybridized carbons (Fsp3) is 0.462. The highest BCUT2D eigenvalue weighted by molar-refractivity contribution is 7.92. The molecule has 0 saturated heterocycles. The van der Waals surface area contributed by atoms with E-state index < -0.39 is 16.1 Å². The number of rotatable bonds is 13. The van der Waals surface area contributed by atoms with Gasteiger partial charge >= 0.3 is 0 Å². The number of ether oxygens (including phenoxy) is 1. The number of carbonyl (C=O) groups excluding carboxylic acids is 2. The zero-order valence-corrected chi connectivity index (χ0v) is 22.1. The minimum Gasteiger partial charge on any atom is -0.497 e. The standard InChI is InChI=1S/C26H37N3O5S/c1-6-16-27-26(31)21(3)28(19-22-10-7-9-20(2)18-22)25(30)11-8-17-29(35(5,32)33)23-12-14-24(34-4)15-13-23/h7,9-10,12-15,18,21H,6,8,11,16-17,19H2,1-5H3,(H,27,31)/t21-/m1/s1. The minimum atomic E-state index is -3.55.